The van der Waals surface area contributed by atoms with E-state index < -0.39 is 0 Å². The number of rotatable bonds is 6. The molecule has 0 aliphatic heterocycles. The average Bonchev–Trinajstić information content (AvgIpc) is 2.71. The Kier molecular flexibility index (Phi) is 5.11. The van der Waals surface area contributed by atoms with Gasteiger partial charge in [0.1, 0.15) is 17.3 Å². The van der Waals surface area contributed by atoms with Crippen LogP contribution in [-0.2, 0) is 0 Å². The Labute approximate surface area is 163 Å². The van der Waals surface area contributed by atoms with E-state index in [1.54, 1.807) is 12.4 Å². The van der Waals surface area contributed by atoms with Gasteiger partial charge in [-0.05, 0) is 55.5 Å². The molecule has 0 atom stereocenters. The van der Waals surface area contributed by atoms with E-state index in [1.165, 1.54) is 0 Å². The van der Waals surface area contributed by atoms with Gasteiger partial charge in [-0.1, -0.05) is 18.2 Å². The monoisotopic (exact) mass is 369 g/mol. The zero-order valence-electron chi connectivity index (χ0n) is 15.3. The van der Waals surface area contributed by atoms with Crippen molar-refractivity contribution >= 4 is 23.1 Å². The van der Waals surface area contributed by atoms with E-state index in [1.807, 2.05) is 79.7 Å². The van der Waals surface area contributed by atoms with E-state index in [4.69, 9.17) is 4.74 Å². The zero-order chi connectivity index (χ0) is 19.2. The van der Waals surface area contributed by atoms with Crippen LogP contribution in [0.5, 0.6) is 11.5 Å². The molecule has 4 rings (SSSR count). The SMILES string of the molecule is Cc1cc(Nc2ccc(Oc3ccccc3)cc2)nc(Nc2ccncc2)n1. The predicted molar refractivity (Wildman–Crippen MR) is 111 cm³/mol. The second-order valence-electron chi connectivity index (χ2n) is 6.14. The minimum absolute atomic E-state index is 0.526. The molecule has 4 aromatic rings. The summed E-state index contributed by atoms with van der Waals surface area (Å²) in [5.41, 5.74) is 2.65. The van der Waals surface area contributed by atoms with Crippen molar-refractivity contribution in [3.63, 3.8) is 0 Å². The molecule has 0 aliphatic rings. The molecule has 0 unspecified atom stereocenters. The van der Waals surface area contributed by atoms with Gasteiger partial charge in [0.2, 0.25) is 5.95 Å². The fourth-order valence-corrected chi connectivity index (χ4v) is 2.63. The second kappa shape index (κ2) is 8.18. The van der Waals surface area contributed by atoms with Crippen LogP contribution in [0.1, 0.15) is 5.69 Å². The largest absolute Gasteiger partial charge is 0.457 e. The molecular weight excluding hydrogens is 350 g/mol. The first-order chi connectivity index (χ1) is 13.7. The van der Waals surface area contributed by atoms with Gasteiger partial charge in [0, 0.05) is 35.5 Å². The van der Waals surface area contributed by atoms with Gasteiger partial charge < -0.3 is 15.4 Å². The molecule has 0 amide bonds. The van der Waals surface area contributed by atoms with Crippen LogP contribution in [0.2, 0.25) is 0 Å². The van der Waals surface area contributed by atoms with Crippen LogP contribution >= 0.6 is 0 Å². The molecule has 0 radical (unpaired) electrons. The molecule has 6 heteroatoms. The Morgan fingerprint density at radius 2 is 1.39 bits per heavy atom. The minimum Gasteiger partial charge on any atom is -0.457 e. The average molecular weight is 369 g/mol. The summed E-state index contributed by atoms with van der Waals surface area (Å²) in [5, 5.41) is 6.49. The second-order valence-corrected chi connectivity index (χ2v) is 6.14. The summed E-state index contributed by atoms with van der Waals surface area (Å²) in [6.07, 6.45) is 3.44. The van der Waals surface area contributed by atoms with E-state index in [0.29, 0.717) is 11.8 Å². The summed E-state index contributed by atoms with van der Waals surface area (Å²) in [7, 11) is 0. The van der Waals surface area contributed by atoms with Crippen LogP contribution in [-0.4, -0.2) is 15.0 Å². The third-order valence-electron chi connectivity index (χ3n) is 3.90. The summed E-state index contributed by atoms with van der Waals surface area (Å²) in [5.74, 6) is 2.82. The van der Waals surface area contributed by atoms with Crippen molar-refractivity contribution in [3.05, 3.63) is 90.9 Å². The van der Waals surface area contributed by atoms with Gasteiger partial charge in [-0.2, -0.15) is 4.98 Å². The lowest BCUT2D eigenvalue weighted by Crippen LogP contribution is -2.02. The normalized spacial score (nSPS) is 10.3. The van der Waals surface area contributed by atoms with E-state index in [2.05, 4.69) is 25.6 Å². The standard InChI is InChI=1S/C22H19N5O/c1-16-15-21(27-22(24-16)26-18-11-13-23-14-12-18)25-17-7-9-20(10-8-17)28-19-5-3-2-4-6-19/h2-15H,1H3,(H2,23,24,25,26,27). The van der Waals surface area contributed by atoms with Gasteiger partial charge in [-0.25, -0.2) is 4.98 Å². The van der Waals surface area contributed by atoms with Crippen LogP contribution in [0.4, 0.5) is 23.1 Å². The van der Waals surface area contributed by atoms with Crippen molar-refractivity contribution in [2.45, 2.75) is 6.92 Å². The molecule has 0 saturated carbocycles. The fourth-order valence-electron chi connectivity index (χ4n) is 2.63. The van der Waals surface area contributed by atoms with Crippen LogP contribution in [0.15, 0.2) is 85.2 Å². The number of anilines is 4. The summed E-state index contributed by atoms with van der Waals surface area (Å²) in [6, 6.07) is 23.1. The summed E-state index contributed by atoms with van der Waals surface area (Å²) < 4.78 is 5.82. The Morgan fingerprint density at radius 3 is 2.14 bits per heavy atom. The number of nitrogens with one attached hydrogen (secondary N) is 2. The molecule has 2 heterocycles. The van der Waals surface area contributed by atoms with E-state index in [-0.39, 0.29) is 0 Å². The predicted octanol–water partition coefficient (Wildman–Crippen LogP) is 5.46. The maximum Gasteiger partial charge on any atom is 0.229 e. The smallest absolute Gasteiger partial charge is 0.229 e. The van der Waals surface area contributed by atoms with Crippen LogP contribution in [0, 0.1) is 6.92 Å². The lowest BCUT2D eigenvalue weighted by molar-refractivity contribution is 0.483. The molecule has 2 aromatic carbocycles. The molecule has 0 aliphatic carbocycles. The molecule has 6 nitrogen and oxygen atoms in total. The first-order valence-electron chi connectivity index (χ1n) is 8.87. The van der Waals surface area contributed by atoms with Gasteiger partial charge in [-0.3, -0.25) is 4.98 Å². The van der Waals surface area contributed by atoms with Crippen LogP contribution in [0.3, 0.4) is 0 Å². The first kappa shape index (κ1) is 17.5. The first-order valence-corrected chi connectivity index (χ1v) is 8.87. The number of benzene rings is 2. The van der Waals surface area contributed by atoms with Crippen molar-refractivity contribution < 1.29 is 4.74 Å². The van der Waals surface area contributed by atoms with Crippen molar-refractivity contribution in [3.8, 4) is 11.5 Å². The number of aryl methyl sites for hydroxylation is 1. The number of ether oxygens (including phenoxy) is 1. The number of hydrogen-bond donors (Lipinski definition) is 2. The number of hydrogen-bond acceptors (Lipinski definition) is 6. The number of para-hydroxylation sites is 1. The third kappa shape index (κ3) is 4.62. The van der Waals surface area contributed by atoms with Gasteiger partial charge in [-0.15, -0.1) is 0 Å². The Hall–Kier alpha value is -3.93. The molecule has 28 heavy (non-hydrogen) atoms. The lowest BCUT2D eigenvalue weighted by atomic mass is 10.3. The highest BCUT2D eigenvalue weighted by molar-refractivity contribution is 5.60. The van der Waals surface area contributed by atoms with Crippen molar-refractivity contribution in [2.75, 3.05) is 10.6 Å². The topological polar surface area (TPSA) is 72.0 Å². The number of aromatic nitrogens is 3. The fraction of sp³-hybridized carbons (Fsp3) is 0.0455. The molecule has 0 bridgehead atoms. The summed E-state index contributed by atoms with van der Waals surface area (Å²) in [4.78, 5) is 13.0. The van der Waals surface area contributed by atoms with E-state index >= 15 is 0 Å². The highest BCUT2D eigenvalue weighted by Gasteiger charge is 2.04. The maximum absolute atomic E-state index is 5.82. The van der Waals surface area contributed by atoms with Crippen molar-refractivity contribution in [1.29, 1.82) is 0 Å². The van der Waals surface area contributed by atoms with Gasteiger partial charge in [0.05, 0.1) is 0 Å². The Morgan fingerprint density at radius 1 is 0.714 bits per heavy atom. The van der Waals surface area contributed by atoms with Gasteiger partial charge in [0.15, 0.2) is 0 Å². The molecule has 0 saturated heterocycles. The maximum atomic E-state index is 5.82. The van der Waals surface area contributed by atoms with Gasteiger partial charge >= 0.3 is 0 Å². The highest BCUT2D eigenvalue weighted by atomic mass is 16.5. The van der Waals surface area contributed by atoms with Crippen molar-refractivity contribution in [1.82, 2.24) is 15.0 Å². The Balaban J connectivity index is 1.46. The molecular formula is C22H19N5O. The van der Waals surface area contributed by atoms with E-state index in [0.717, 1.165) is 28.6 Å². The Bertz CT molecular complexity index is 1040. The number of pyridine rings is 1. The van der Waals surface area contributed by atoms with Crippen LogP contribution in [0.25, 0.3) is 0 Å². The third-order valence-corrected chi connectivity index (χ3v) is 3.90. The van der Waals surface area contributed by atoms with Crippen LogP contribution < -0.4 is 15.4 Å². The highest BCUT2D eigenvalue weighted by Crippen LogP contribution is 2.24. The molecule has 138 valence electrons. The van der Waals surface area contributed by atoms with E-state index in [9.17, 15) is 0 Å². The molecule has 2 N–H and O–H groups in total. The summed E-state index contributed by atoms with van der Waals surface area (Å²) >= 11 is 0. The zero-order valence-corrected chi connectivity index (χ0v) is 15.3. The quantitative estimate of drug-likeness (QED) is 0.470. The summed E-state index contributed by atoms with van der Waals surface area (Å²) in [6.45, 7) is 1.93. The van der Waals surface area contributed by atoms with Crippen molar-refractivity contribution in [2.24, 2.45) is 0 Å². The molecule has 0 fully saturated rings. The number of nitrogens with zero attached hydrogens (tertiary/aromatic N) is 3. The molecule has 0 spiro atoms. The minimum atomic E-state index is 0.526. The molecule has 2 aromatic heterocycles. The lowest BCUT2D eigenvalue weighted by Gasteiger charge is -2.11. The van der Waals surface area contributed by atoms with Gasteiger partial charge in [0.25, 0.3) is 0 Å².